The quantitative estimate of drug-likeness (QED) is 0.250. The lowest BCUT2D eigenvalue weighted by Gasteiger charge is -2.21. The number of guanidine groups is 1. The van der Waals surface area contributed by atoms with E-state index in [-0.39, 0.29) is 24.0 Å². The van der Waals surface area contributed by atoms with E-state index in [0.29, 0.717) is 0 Å². The summed E-state index contributed by atoms with van der Waals surface area (Å²) in [6.07, 6.45) is 11.8. The van der Waals surface area contributed by atoms with Crippen molar-refractivity contribution in [3.05, 3.63) is 23.9 Å². The van der Waals surface area contributed by atoms with Crippen LogP contribution in [0.4, 0.5) is 5.82 Å². The van der Waals surface area contributed by atoms with Crippen LogP contribution >= 0.6 is 35.7 Å². The molecule has 1 fully saturated rings. The van der Waals surface area contributed by atoms with Gasteiger partial charge in [-0.05, 0) is 49.3 Å². The smallest absolute Gasteiger partial charge is 0.191 e. The van der Waals surface area contributed by atoms with Gasteiger partial charge in [0, 0.05) is 39.4 Å². The molecule has 0 spiro atoms. The Balaban J connectivity index is 0.00000338. The minimum Gasteiger partial charge on any atom is -0.357 e. The van der Waals surface area contributed by atoms with Gasteiger partial charge in [0.2, 0.25) is 0 Å². The Morgan fingerprint density at radius 3 is 2.54 bits per heavy atom. The second-order valence-corrected chi connectivity index (χ2v) is 7.46. The molecule has 26 heavy (non-hydrogen) atoms. The molecule has 2 N–H and O–H groups in total. The molecule has 0 saturated carbocycles. The molecule has 2 heterocycles. The van der Waals surface area contributed by atoms with E-state index in [0.717, 1.165) is 38.0 Å². The van der Waals surface area contributed by atoms with Crippen molar-refractivity contribution >= 4 is 47.5 Å². The molecule has 0 atom stereocenters. The summed E-state index contributed by atoms with van der Waals surface area (Å²) in [7, 11) is 1.82. The standard InChI is InChI=1S/C19H33N5S.HI/c1-20-19(21-11-5-8-14-25-2)23-16-17-9-10-18(22-15-17)24-12-6-3-4-7-13-24;/h9-10,15H,3-8,11-14,16H2,1-2H3,(H2,20,21,23);1H. The molecule has 0 bridgehead atoms. The highest BCUT2D eigenvalue weighted by Crippen LogP contribution is 2.17. The first-order valence-electron chi connectivity index (χ1n) is 9.47. The molecular formula is C19H34IN5S. The Kier molecular flexibility index (Phi) is 12.9. The number of aromatic nitrogens is 1. The van der Waals surface area contributed by atoms with E-state index >= 15 is 0 Å². The van der Waals surface area contributed by atoms with Gasteiger partial charge in [-0.25, -0.2) is 4.98 Å². The second kappa shape index (κ2) is 14.4. The number of hydrogen-bond acceptors (Lipinski definition) is 4. The number of rotatable bonds is 8. The number of nitrogens with one attached hydrogen (secondary N) is 2. The van der Waals surface area contributed by atoms with Gasteiger partial charge in [-0.3, -0.25) is 4.99 Å². The first kappa shape index (κ1) is 23.3. The van der Waals surface area contributed by atoms with Crippen molar-refractivity contribution in [1.82, 2.24) is 15.6 Å². The molecule has 0 radical (unpaired) electrons. The Morgan fingerprint density at radius 2 is 1.92 bits per heavy atom. The highest BCUT2D eigenvalue weighted by Gasteiger charge is 2.10. The van der Waals surface area contributed by atoms with Crippen LogP contribution in [0.3, 0.4) is 0 Å². The van der Waals surface area contributed by atoms with Gasteiger partial charge in [0.05, 0.1) is 0 Å². The van der Waals surface area contributed by atoms with Crippen molar-refractivity contribution in [2.75, 3.05) is 43.6 Å². The fourth-order valence-electron chi connectivity index (χ4n) is 2.99. The third-order valence-corrected chi connectivity index (χ3v) is 5.19. The Labute approximate surface area is 180 Å². The van der Waals surface area contributed by atoms with Gasteiger partial charge in [-0.1, -0.05) is 18.9 Å². The van der Waals surface area contributed by atoms with Gasteiger partial charge in [-0.2, -0.15) is 11.8 Å². The van der Waals surface area contributed by atoms with Crippen LogP contribution in [0, 0.1) is 0 Å². The topological polar surface area (TPSA) is 52.6 Å². The lowest BCUT2D eigenvalue weighted by atomic mass is 10.2. The molecule has 5 nitrogen and oxygen atoms in total. The molecule has 0 unspecified atom stereocenters. The van der Waals surface area contributed by atoms with Gasteiger partial charge in [0.25, 0.3) is 0 Å². The Bertz CT molecular complexity index is 501. The van der Waals surface area contributed by atoms with Crippen molar-refractivity contribution in [1.29, 1.82) is 0 Å². The summed E-state index contributed by atoms with van der Waals surface area (Å²) in [5.74, 6) is 3.20. The summed E-state index contributed by atoms with van der Waals surface area (Å²) in [5.41, 5.74) is 1.18. The van der Waals surface area contributed by atoms with Crippen molar-refractivity contribution in [2.45, 2.75) is 45.1 Å². The maximum Gasteiger partial charge on any atom is 0.191 e. The number of halogens is 1. The zero-order chi connectivity index (χ0) is 17.7. The predicted octanol–water partition coefficient (Wildman–Crippen LogP) is 3.89. The molecule has 1 aromatic rings. The largest absolute Gasteiger partial charge is 0.357 e. The van der Waals surface area contributed by atoms with Crippen LogP contribution in [0.25, 0.3) is 0 Å². The van der Waals surface area contributed by atoms with Crippen LogP contribution in [0.5, 0.6) is 0 Å². The molecule has 0 amide bonds. The van der Waals surface area contributed by atoms with E-state index in [1.54, 1.807) is 0 Å². The molecule has 1 aliphatic heterocycles. The molecule has 2 rings (SSSR count). The fraction of sp³-hybridized carbons (Fsp3) is 0.684. The van der Waals surface area contributed by atoms with E-state index in [4.69, 9.17) is 0 Å². The van der Waals surface area contributed by atoms with Gasteiger partial charge >= 0.3 is 0 Å². The van der Waals surface area contributed by atoms with Crippen molar-refractivity contribution in [3.63, 3.8) is 0 Å². The van der Waals surface area contributed by atoms with Gasteiger partial charge in [-0.15, -0.1) is 24.0 Å². The normalized spacial score (nSPS) is 15.2. The number of hydrogen-bond donors (Lipinski definition) is 2. The summed E-state index contributed by atoms with van der Waals surface area (Å²) in [5, 5.41) is 6.74. The zero-order valence-electron chi connectivity index (χ0n) is 16.2. The van der Waals surface area contributed by atoms with Crippen LogP contribution in [0.1, 0.15) is 44.1 Å². The first-order valence-corrected chi connectivity index (χ1v) is 10.9. The molecule has 0 aromatic carbocycles. The number of anilines is 1. The van der Waals surface area contributed by atoms with E-state index in [9.17, 15) is 0 Å². The van der Waals surface area contributed by atoms with Crippen LogP contribution in [0.15, 0.2) is 23.3 Å². The molecule has 1 aliphatic rings. The van der Waals surface area contributed by atoms with Crippen LogP contribution in [-0.2, 0) is 6.54 Å². The Morgan fingerprint density at radius 1 is 1.15 bits per heavy atom. The zero-order valence-corrected chi connectivity index (χ0v) is 19.3. The lowest BCUT2D eigenvalue weighted by Crippen LogP contribution is -2.37. The summed E-state index contributed by atoms with van der Waals surface area (Å²) in [6.45, 7) is 3.99. The highest BCUT2D eigenvalue weighted by molar-refractivity contribution is 14.0. The summed E-state index contributed by atoms with van der Waals surface area (Å²) >= 11 is 1.90. The van der Waals surface area contributed by atoms with Crippen molar-refractivity contribution in [3.8, 4) is 0 Å². The lowest BCUT2D eigenvalue weighted by molar-refractivity contribution is 0.726. The number of nitrogens with zero attached hydrogens (tertiary/aromatic N) is 3. The second-order valence-electron chi connectivity index (χ2n) is 6.48. The third kappa shape index (κ3) is 8.79. The first-order chi connectivity index (χ1) is 12.3. The van der Waals surface area contributed by atoms with Gasteiger partial charge < -0.3 is 15.5 Å². The number of pyridine rings is 1. The van der Waals surface area contributed by atoms with Gasteiger partial charge in [0.15, 0.2) is 5.96 Å². The molecular weight excluding hydrogens is 457 g/mol. The number of thioether (sulfide) groups is 1. The number of aliphatic imine (C=N–C) groups is 1. The minimum atomic E-state index is 0. The fourth-order valence-corrected chi connectivity index (χ4v) is 3.49. The van der Waals surface area contributed by atoms with Crippen LogP contribution < -0.4 is 15.5 Å². The monoisotopic (exact) mass is 491 g/mol. The minimum absolute atomic E-state index is 0. The molecule has 148 valence electrons. The van der Waals surface area contributed by atoms with Crippen LogP contribution in [-0.4, -0.2) is 49.6 Å². The maximum atomic E-state index is 4.67. The van der Waals surface area contributed by atoms with Crippen LogP contribution in [0.2, 0.25) is 0 Å². The third-order valence-electron chi connectivity index (χ3n) is 4.49. The highest BCUT2D eigenvalue weighted by atomic mass is 127. The molecule has 1 aromatic heterocycles. The SMILES string of the molecule is CN=C(NCCCCSC)NCc1ccc(N2CCCCCC2)nc1.I. The van der Waals surface area contributed by atoms with Gasteiger partial charge in [0.1, 0.15) is 5.82 Å². The molecule has 1 saturated heterocycles. The van der Waals surface area contributed by atoms with E-state index in [2.05, 4.69) is 43.9 Å². The van der Waals surface area contributed by atoms with E-state index in [1.165, 1.54) is 49.8 Å². The van der Waals surface area contributed by atoms with Crippen molar-refractivity contribution in [2.24, 2.45) is 4.99 Å². The molecule has 7 heteroatoms. The van der Waals surface area contributed by atoms with E-state index in [1.807, 2.05) is 25.0 Å². The maximum absolute atomic E-state index is 4.67. The average molecular weight is 491 g/mol. The van der Waals surface area contributed by atoms with E-state index < -0.39 is 0 Å². The van der Waals surface area contributed by atoms with Crippen molar-refractivity contribution < 1.29 is 0 Å². The number of unbranched alkanes of at least 4 members (excludes halogenated alkanes) is 1. The Hall–Kier alpha value is -0.700. The average Bonchev–Trinajstić information content (AvgIpc) is 2.94. The molecule has 0 aliphatic carbocycles. The summed E-state index contributed by atoms with van der Waals surface area (Å²) < 4.78 is 0. The summed E-state index contributed by atoms with van der Waals surface area (Å²) in [4.78, 5) is 11.4. The summed E-state index contributed by atoms with van der Waals surface area (Å²) in [6, 6.07) is 4.33. The predicted molar refractivity (Wildman–Crippen MR) is 126 cm³/mol.